The molecular formula is C12H16N2O2. The smallest absolute Gasteiger partial charge is 0.328 e. The van der Waals surface area contributed by atoms with E-state index in [9.17, 15) is 4.79 Å². The summed E-state index contributed by atoms with van der Waals surface area (Å²) >= 11 is 0. The van der Waals surface area contributed by atoms with Crippen LogP contribution in [-0.2, 0) is 9.53 Å². The highest BCUT2D eigenvalue weighted by Gasteiger charge is 2.31. The minimum Gasteiger partial charge on any atom is -0.464 e. The van der Waals surface area contributed by atoms with Crippen LogP contribution < -0.4 is 10.6 Å². The molecule has 0 bridgehead atoms. The molecule has 0 spiro atoms. The first-order chi connectivity index (χ1) is 7.72. The van der Waals surface area contributed by atoms with Crippen LogP contribution in [0, 0.1) is 0 Å². The lowest BCUT2D eigenvalue weighted by Gasteiger charge is -2.27. The van der Waals surface area contributed by atoms with Gasteiger partial charge in [0.25, 0.3) is 0 Å². The summed E-state index contributed by atoms with van der Waals surface area (Å²) in [4.78, 5) is 13.6. The van der Waals surface area contributed by atoms with Crippen LogP contribution in [0.2, 0.25) is 0 Å². The van der Waals surface area contributed by atoms with E-state index in [0.29, 0.717) is 6.61 Å². The van der Waals surface area contributed by atoms with Crippen molar-refractivity contribution >= 4 is 17.3 Å². The molecular weight excluding hydrogens is 204 g/mol. The summed E-state index contributed by atoms with van der Waals surface area (Å²) in [5, 5.41) is 0. The Morgan fingerprint density at radius 1 is 1.44 bits per heavy atom. The third-order valence-corrected chi connectivity index (χ3v) is 2.85. The van der Waals surface area contributed by atoms with Gasteiger partial charge in [-0.3, -0.25) is 0 Å². The molecule has 1 heterocycles. The zero-order chi connectivity index (χ0) is 11.5. The Labute approximate surface area is 95.0 Å². The molecule has 1 aromatic rings. The van der Waals surface area contributed by atoms with Crippen LogP contribution in [-0.4, -0.2) is 25.2 Å². The van der Waals surface area contributed by atoms with Gasteiger partial charge in [0.15, 0.2) is 0 Å². The van der Waals surface area contributed by atoms with Crippen molar-refractivity contribution in [1.82, 2.24) is 0 Å². The van der Waals surface area contributed by atoms with Crippen LogP contribution in [0.4, 0.5) is 11.4 Å². The summed E-state index contributed by atoms with van der Waals surface area (Å²) < 4.78 is 4.99. The van der Waals surface area contributed by atoms with Gasteiger partial charge >= 0.3 is 5.97 Å². The average molecular weight is 220 g/mol. The van der Waals surface area contributed by atoms with Gasteiger partial charge < -0.3 is 15.4 Å². The maximum Gasteiger partial charge on any atom is 0.328 e. The predicted octanol–water partition coefficient (Wildman–Crippen LogP) is 1.41. The number of likely N-dealkylation sites (N-methyl/N-ethyl adjacent to an activating group) is 1. The van der Waals surface area contributed by atoms with Gasteiger partial charge in [0.05, 0.1) is 6.61 Å². The number of carbonyl (C=O) groups excluding carboxylic acids is 1. The van der Waals surface area contributed by atoms with E-state index in [4.69, 9.17) is 10.5 Å². The van der Waals surface area contributed by atoms with Crippen molar-refractivity contribution in [3.8, 4) is 0 Å². The third-order valence-electron chi connectivity index (χ3n) is 2.85. The van der Waals surface area contributed by atoms with Crippen LogP contribution >= 0.6 is 0 Å². The Bertz CT molecular complexity index is 375. The molecule has 1 aliphatic heterocycles. The molecule has 1 unspecified atom stereocenters. The van der Waals surface area contributed by atoms with Gasteiger partial charge in [0.1, 0.15) is 6.04 Å². The van der Waals surface area contributed by atoms with Crippen molar-refractivity contribution in [3.05, 3.63) is 24.3 Å². The van der Waals surface area contributed by atoms with E-state index in [2.05, 4.69) is 4.90 Å². The molecule has 1 aromatic carbocycles. The largest absolute Gasteiger partial charge is 0.464 e. The molecule has 16 heavy (non-hydrogen) atoms. The highest BCUT2D eigenvalue weighted by molar-refractivity contribution is 5.81. The first-order valence-corrected chi connectivity index (χ1v) is 5.51. The van der Waals surface area contributed by atoms with Crippen molar-refractivity contribution in [2.24, 2.45) is 0 Å². The minimum absolute atomic E-state index is 0.126. The Hall–Kier alpha value is -1.71. The number of hydrogen-bond acceptors (Lipinski definition) is 4. The maximum atomic E-state index is 11.5. The number of ether oxygens (including phenoxy) is 1. The number of cyclic esters (lactones) is 1. The number of anilines is 2. The Balaban J connectivity index is 2.21. The Morgan fingerprint density at radius 2 is 2.12 bits per heavy atom. The molecule has 0 amide bonds. The summed E-state index contributed by atoms with van der Waals surface area (Å²) in [6.45, 7) is 3.33. The summed E-state index contributed by atoms with van der Waals surface area (Å²) in [7, 11) is 0. The second-order valence-electron chi connectivity index (χ2n) is 3.85. The third kappa shape index (κ3) is 1.96. The summed E-state index contributed by atoms with van der Waals surface area (Å²) in [6, 6.07) is 7.42. The molecule has 1 fully saturated rings. The molecule has 4 heteroatoms. The number of rotatable bonds is 3. The monoisotopic (exact) mass is 220 g/mol. The second kappa shape index (κ2) is 4.43. The fraction of sp³-hybridized carbons (Fsp3) is 0.417. The predicted molar refractivity (Wildman–Crippen MR) is 63.2 cm³/mol. The van der Waals surface area contributed by atoms with E-state index in [1.165, 1.54) is 0 Å². The minimum atomic E-state index is -0.145. The van der Waals surface area contributed by atoms with E-state index >= 15 is 0 Å². The number of carbonyl (C=O) groups is 1. The van der Waals surface area contributed by atoms with Gasteiger partial charge in [-0.05, 0) is 31.2 Å². The van der Waals surface area contributed by atoms with E-state index in [0.717, 1.165) is 24.3 Å². The first kappa shape index (κ1) is 10.8. The Kier molecular flexibility index (Phi) is 2.99. The first-order valence-electron chi connectivity index (χ1n) is 5.51. The van der Waals surface area contributed by atoms with Crippen LogP contribution in [0.25, 0.3) is 0 Å². The lowest BCUT2D eigenvalue weighted by molar-refractivity contribution is -0.139. The van der Waals surface area contributed by atoms with Crippen molar-refractivity contribution in [1.29, 1.82) is 0 Å². The van der Waals surface area contributed by atoms with Gasteiger partial charge in [-0.2, -0.15) is 0 Å². The molecule has 0 aromatic heterocycles. The molecule has 2 rings (SSSR count). The van der Waals surface area contributed by atoms with E-state index in [1.54, 1.807) is 0 Å². The molecule has 1 saturated heterocycles. The molecule has 1 atom stereocenters. The van der Waals surface area contributed by atoms with Crippen molar-refractivity contribution < 1.29 is 9.53 Å². The summed E-state index contributed by atoms with van der Waals surface area (Å²) in [5.41, 5.74) is 7.38. The van der Waals surface area contributed by atoms with Crippen LogP contribution in [0.15, 0.2) is 24.3 Å². The van der Waals surface area contributed by atoms with Crippen molar-refractivity contribution in [3.63, 3.8) is 0 Å². The molecule has 0 saturated carbocycles. The molecule has 2 N–H and O–H groups in total. The summed E-state index contributed by atoms with van der Waals surface area (Å²) in [6.07, 6.45) is 0.761. The van der Waals surface area contributed by atoms with Crippen LogP contribution in [0.3, 0.4) is 0 Å². The topological polar surface area (TPSA) is 55.6 Å². The van der Waals surface area contributed by atoms with Gasteiger partial charge in [0.2, 0.25) is 0 Å². The number of hydrogen-bond donors (Lipinski definition) is 1. The highest BCUT2D eigenvalue weighted by atomic mass is 16.5. The highest BCUT2D eigenvalue weighted by Crippen LogP contribution is 2.23. The number of nitrogens with zero attached hydrogens (tertiary/aromatic N) is 1. The van der Waals surface area contributed by atoms with Crippen LogP contribution in [0.1, 0.15) is 13.3 Å². The van der Waals surface area contributed by atoms with Gasteiger partial charge in [-0.15, -0.1) is 0 Å². The average Bonchev–Trinajstić information content (AvgIpc) is 2.69. The van der Waals surface area contributed by atoms with Gasteiger partial charge in [-0.25, -0.2) is 4.79 Å². The van der Waals surface area contributed by atoms with E-state index in [1.807, 2.05) is 31.2 Å². The normalized spacial score (nSPS) is 19.6. The summed E-state index contributed by atoms with van der Waals surface area (Å²) in [5.74, 6) is -0.126. The zero-order valence-corrected chi connectivity index (χ0v) is 9.35. The number of nitrogen functional groups attached to an aromatic ring is 1. The standard InChI is InChI=1S/C12H16N2O2/c1-2-14(11-7-8-16-12(11)15)10-5-3-9(13)4-6-10/h3-6,11H,2,7-8,13H2,1H3. The van der Waals surface area contributed by atoms with Crippen LogP contribution in [0.5, 0.6) is 0 Å². The number of benzene rings is 1. The van der Waals surface area contributed by atoms with E-state index in [-0.39, 0.29) is 12.0 Å². The van der Waals surface area contributed by atoms with Gasteiger partial charge in [-0.1, -0.05) is 0 Å². The lowest BCUT2D eigenvalue weighted by atomic mass is 10.1. The lowest BCUT2D eigenvalue weighted by Crippen LogP contribution is -2.38. The van der Waals surface area contributed by atoms with Crippen molar-refractivity contribution in [2.45, 2.75) is 19.4 Å². The van der Waals surface area contributed by atoms with Gasteiger partial charge in [0, 0.05) is 24.3 Å². The SMILES string of the molecule is CCN(c1ccc(N)cc1)C1CCOC1=O. The Morgan fingerprint density at radius 3 is 2.62 bits per heavy atom. The number of esters is 1. The maximum absolute atomic E-state index is 11.5. The fourth-order valence-electron chi connectivity index (χ4n) is 2.02. The molecule has 0 radical (unpaired) electrons. The molecule has 86 valence electrons. The quantitative estimate of drug-likeness (QED) is 0.618. The van der Waals surface area contributed by atoms with E-state index < -0.39 is 0 Å². The molecule has 0 aliphatic carbocycles. The fourth-order valence-corrected chi connectivity index (χ4v) is 2.02. The molecule has 4 nitrogen and oxygen atoms in total. The zero-order valence-electron chi connectivity index (χ0n) is 9.35. The number of nitrogens with two attached hydrogens (primary N) is 1. The van der Waals surface area contributed by atoms with Crippen molar-refractivity contribution in [2.75, 3.05) is 23.8 Å². The second-order valence-corrected chi connectivity index (χ2v) is 3.85. The molecule has 1 aliphatic rings.